The summed E-state index contributed by atoms with van der Waals surface area (Å²) in [6.07, 6.45) is 4.19. The van der Waals surface area contributed by atoms with Crippen LogP contribution >= 0.6 is 0 Å². The van der Waals surface area contributed by atoms with Gasteiger partial charge in [-0.15, -0.1) is 5.10 Å². The van der Waals surface area contributed by atoms with Gasteiger partial charge in [0.2, 0.25) is 6.54 Å². The van der Waals surface area contributed by atoms with Crippen LogP contribution in [0.25, 0.3) is 0 Å². The molecule has 8 nitrogen and oxygen atoms in total. The number of unbranched alkanes of at least 4 members (excludes halogenated alkanes) is 1. The number of rotatable bonds is 9. The van der Waals surface area contributed by atoms with E-state index in [-0.39, 0.29) is 0 Å². The highest BCUT2D eigenvalue weighted by atomic mass is 16.6. The van der Waals surface area contributed by atoms with Gasteiger partial charge in [-0.2, -0.15) is 0 Å². The Bertz CT molecular complexity index is 686. The van der Waals surface area contributed by atoms with E-state index in [1.807, 2.05) is 6.92 Å². The maximum absolute atomic E-state index is 11.8. The van der Waals surface area contributed by atoms with Gasteiger partial charge in [-0.3, -0.25) is 10.1 Å². The maximum atomic E-state index is 11.8. The van der Waals surface area contributed by atoms with Crippen molar-refractivity contribution in [1.29, 1.82) is 0 Å². The fourth-order valence-electron chi connectivity index (χ4n) is 2.64. The standard InChI is InChI=1S/C16H20N4O4/c1-2-3-9-13-10-19(18-17-13)15(16(21)22)14(11-20(23)24)12-7-5-4-6-8-12/h4-8,10,14-15H,2-3,9,11H2,1H3,(H,21,22). The highest BCUT2D eigenvalue weighted by Crippen LogP contribution is 2.29. The highest BCUT2D eigenvalue weighted by Gasteiger charge is 2.35. The molecule has 8 heteroatoms. The Morgan fingerprint density at radius 3 is 2.67 bits per heavy atom. The minimum Gasteiger partial charge on any atom is -0.480 e. The molecular formula is C16H20N4O4. The molecule has 0 spiro atoms. The van der Waals surface area contributed by atoms with E-state index in [0.717, 1.165) is 12.8 Å². The first-order chi connectivity index (χ1) is 11.5. The first kappa shape index (κ1) is 17.6. The third kappa shape index (κ3) is 4.37. The van der Waals surface area contributed by atoms with Crippen LogP contribution in [0.5, 0.6) is 0 Å². The maximum Gasteiger partial charge on any atom is 0.329 e. The van der Waals surface area contributed by atoms with E-state index in [4.69, 9.17) is 0 Å². The van der Waals surface area contributed by atoms with Gasteiger partial charge in [-0.05, 0) is 18.4 Å². The Labute approximate surface area is 139 Å². The summed E-state index contributed by atoms with van der Waals surface area (Å²) in [5, 5.41) is 28.6. The van der Waals surface area contributed by atoms with E-state index in [9.17, 15) is 20.0 Å². The first-order valence-electron chi connectivity index (χ1n) is 7.83. The fourth-order valence-corrected chi connectivity index (χ4v) is 2.64. The molecule has 1 N–H and O–H groups in total. The van der Waals surface area contributed by atoms with E-state index in [0.29, 0.717) is 17.7 Å². The van der Waals surface area contributed by atoms with Crippen LogP contribution in [0, 0.1) is 10.1 Å². The molecule has 2 rings (SSSR count). The van der Waals surface area contributed by atoms with Crippen molar-refractivity contribution in [3.8, 4) is 0 Å². The number of aryl methyl sites for hydroxylation is 1. The summed E-state index contributed by atoms with van der Waals surface area (Å²) < 4.78 is 1.23. The summed E-state index contributed by atoms with van der Waals surface area (Å²) in [6, 6.07) is 7.45. The number of carbonyl (C=O) groups is 1. The van der Waals surface area contributed by atoms with Crippen molar-refractivity contribution in [2.24, 2.45) is 0 Å². The summed E-state index contributed by atoms with van der Waals surface area (Å²) in [4.78, 5) is 22.4. The number of nitro groups is 1. The van der Waals surface area contributed by atoms with Crippen LogP contribution < -0.4 is 0 Å². The monoisotopic (exact) mass is 332 g/mol. The summed E-state index contributed by atoms with van der Waals surface area (Å²) >= 11 is 0. The Kier molecular flexibility index (Phi) is 6.00. The van der Waals surface area contributed by atoms with Crippen LogP contribution in [0.4, 0.5) is 0 Å². The van der Waals surface area contributed by atoms with Crippen LogP contribution in [0.15, 0.2) is 36.5 Å². The molecule has 0 radical (unpaired) electrons. The Morgan fingerprint density at radius 2 is 2.08 bits per heavy atom. The second kappa shape index (κ2) is 8.19. The van der Waals surface area contributed by atoms with Crippen molar-refractivity contribution in [2.45, 2.75) is 38.1 Å². The molecule has 128 valence electrons. The molecule has 1 heterocycles. The largest absolute Gasteiger partial charge is 0.480 e. The van der Waals surface area contributed by atoms with Crippen LogP contribution in [0.3, 0.4) is 0 Å². The van der Waals surface area contributed by atoms with Gasteiger partial charge in [-0.1, -0.05) is 48.9 Å². The van der Waals surface area contributed by atoms with E-state index in [1.54, 1.807) is 36.5 Å². The van der Waals surface area contributed by atoms with Crippen molar-refractivity contribution in [1.82, 2.24) is 15.0 Å². The SMILES string of the molecule is CCCCc1cn(C(C(=O)O)C(C[N+](=O)[O-])c2ccccc2)nn1. The molecule has 0 aliphatic heterocycles. The Morgan fingerprint density at radius 1 is 1.38 bits per heavy atom. The molecule has 0 amide bonds. The number of aromatic nitrogens is 3. The Hall–Kier alpha value is -2.77. The van der Waals surface area contributed by atoms with Crippen molar-refractivity contribution in [3.63, 3.8) is 0 Å². The molecule has 0 saturated heterocycles. The number of hydrogen-bond acceptors (Lipinski definition) is 5. The topological polar surface area (TPSA) is 111 Å². The van der Waals surface area contributed by atoms with E-state index < -0.39 is 29.4 Å². The molecule has 1 aromatic heterocycles. The molecule has 1 aromatic carbocycles. The lowest BCUT2D eigenvalue weighted by Gasteiger charge is -2.21. The average Bonchev–Trinajstić information content (AvgIpc) is 3.01. The van der Waals surface area contributed by atoms with Crippen LogP contribution in [0.2, 0.25) is 0 Å². The van der Waals surface area contributed by atoms with Gasteiger partial charge in [0, 0.05) is 11.1 Å². The molecule has 2 atom stereocenters. The predicted octanol–water partition coefficient (Wildman–Crippen LogP) is 2.31. The quantitative estimate of drug-likeness (QED) is 0.557. The van der Waals surface area contributed by atoms with E-state index in [1.165, 1.54) is 4.68 Å². The molecule has 24 heavy (non-hydrogen) atoms. The lowest BCUT2D eigenvalue weighted by Crippen LogP contribution is -2.30. The third-order valence-corrected chi connectivity index (χ3v) is 3.84. The van der Waals surface area contributed by atoms with Gasteiger partial charge < -0.3 is 5.11 Å². The average molecular weight is 332 g/mol. The smallest absolute Gasteiger partial charge is 0.329 e. The Balaban J connectivity index is 2.36. The molecule has 2 unspecified atom stereocenters. The third-order valence-electron chi connectivity index (χ3n) is 3.84. The number of carboxylic acids is 1. The van der Waals surface area contributed by atoms with Gasteiger partial charge in [0.05, 0.1) is 11.6 Å². The second-order valence-corrected chi connectivity index (χ2v) is 5.61. The second-order valence-electron chi connectivity index (χ2n) is 5.61. The first-order valence-corrected chi connectivity index (χ1v) is 7.83. The highest BCUT2D eigenvalue weighted by molar-refractivity contribution is 5.73. The number of benzene rings is 1. The van der Waals surface area contributed by atoms with Crippen molar-refractivity contribution >= 4 is 5.97 Å². The van der Waals surface area contributed by atoms with Gasteiger partial charge in [0.25, 0.3) is 0 Å². The molecule has 0 fully saturated rings. The van der Waals surface area contributed by atoms with Gasteiger partial charge in [0.1, 0.15) is 0 Å². The summed E-state index contributed by atoms with van der Waals surface area (Å²) in [5.41, 5.74) is 1.28. The van der Waals surface area contributed by atoms with Crippen molar-refractivity contribution in [3.05, 3.63) is 57.9 Å². The molecule has 0 bridgehead atoms. The van der Waals surface area contributed by atoms with E-state index in [2.05, 4.69) is 10.3 Å². The summed E-state index contributed by atoms with van der Waals surface area (Å²) in [7, 11) is 0. The van der Waals surface area contributed by atoms with Gasteiger partial charge in [0.15, 0.2) is 6.04 Å². The van der Waals surface area contributed by atoms with Gasteiger partial charge >= 0.3 is 5.97 Å². The lowest BCUT2D eigenvalue weighted by molar-refractivity contribution is -0.484. The van der Waals surface area contributed by atoms with Crippen LogP contribution in [0.1, 0.15) is 43.0 Å². The van der Waals surface area contributed by atoms with Crippen LogP contribution in [-0.2, 0) is 11.2 Å². The minimum absolute atomic E-state index is 0.495. The number of hydrogen-bond donors (Lipinski definition) is 1. The molecule has 0 aliphatic carbocycles. The van der Waals surface area contributed by atoms with Gasteiger partial charge in [-0.25, -0.2) is 9.48 Å². The van der Waals surface area contributed by atoms with E-state index >= 15 is 0 Å². The molecule has 2 aromatic rings. The normalized spacial score (nSPS) is 13.4. The summed E-state index contributed by atoms with van der Waals surface area (Å²) in [5.74, 6) is -2.00. The van der Waals surface area contributed by atoms with Crippen molar-refractivity contribution < 1.29 is 14.8 Å². The molecular weight excluding hydrogens is 312 g/mol. The number of carboxylic acid groups (broad SMARTS) is 1. The molecule has 0 saturated carbocycles. The minimum atomic E-state index is -1.18. The zero-order valence-corrected chi connectivity index (χ0v) is 13.4. The zero-order chi connectivity index (χ0) is 17.5. The number of nitrogens with zero attached hydrogens (tertiary/aromatic N) is 4. The summed E-state index contributed by atoms with van der Waals surface area (Å²) in [6.45, 7) is 1.55. The lowest BCUT2D eigenvalue weighted by atomic mass is 9.91. The number of aliphatic carboxylic acids is 1. The zero-order valence-electron chi connectivity index (χ0n) is 13.4. The van der Waals surface area contributed by atoms with Crippen molar-refractivity contribution in [2.75, 3.05) is 6.54 Å². The van der Waals surface area contributed by atoms with Crippen LogP contribution in [-0.4, -0.2) is 37.5 Å². The predicted molar refractivity (Wildman–Crippen MR) is 86.4 cm³/mol. The molecule has 0 aliphatic rings. The fraction of sp³-hybridized carbons (Fsp3) is 0.438.